The Morgan fingerprint density at radius 1 is 1.06 bits per heavy atom. The first-order chi connectivity index (χ1) is 15.6. The summed E-state index contributed by atoms with van der Waals surface area (Å²) in [6.07, 6.45) is 9.00. The molecule has 0 saturated carbocycles. The molecule has 0 aromatic heterocycles. The minimum absolute atomic E-state index is 0.0000843. The molecule has 0 amide bonds. The molecule has 0 bridgehead atoms. The van der Waals surface area contributed by atoms with E-state index >= 15 is 0 Å². The summed E-state index contributed by atoms with van der Waals surface area (Å²) < 4.78 is 0. The van der Waals surface area contributed by atoms with Gasteiger partial charge >= 0.3 is 0 Å². The predicted octanol–water partition coefficient (Wildman–Crippen LogP) is 6.38. The second kappa shape index (κ2) is 10.1. The molecular weight excluding hydrogens is 410 g/mol. The largest absolute Gasteiger partial charge is 0.345 e. The minimum Gasteiger partial charge on any atom is -0.345 e. The fourth-order valence-corrected chi connectivity index (χ4v) is 5.78. The molecule has 2 aliphatic heterocycles. The monoisotopic (exact) mass is 445 g/mol. The molecule has 1 fully saturated rings. The van der Waals surface area contributed by atoms with Crippen molar-refractivity contribution in [3.05, 3.63) is 71.4 Å². The zero-order chi connectivity index (χ0) is 22.6. The third-order valence-corrected chi connectivity index (χ3v) is 8.10. The summed E-state index contributed by atoms with van der Waals surface area (Å²) in [7, 11) is 0. The number of likely N-dealkylation sites (tertiary alicyclic amines) is 1. The quantitative estimate of drug-likeness (QED) is 0.441. The molecule has 0 N–H and O–H groups in total. The lowest BCUT2D eigenvalue weighted by Gasteiger charge is -2.41. The van der Waals surface area contributed by atoms with Gasteiger partial charge in [-0.25, -0.2) is 0 Å². The van der Waals surface area contributed by atoms with Crippen LogP contribution in [0.1, 0.15) is 55.7 Å². The molecule has 4 heteroatoms. The van der Waals surface area contributed by atoms with E-state index in [2.05, 4.69) is 72.0 Å². The average Bonchev–Trinajstić information content (AvgIpc) is 3.06. The van der Waals surface area contributed by atoms with Crippen molar-refractivity contribution in [3.63, 3.8) is 0 Å². The van der Waals surface area contributed by atoms with Crippen LogP contribution in [0, 0.1) is 11.3 Å². The number of thioether (sulfide) groups is 1. The van der Waals surface area contributed by atoms with Gasteiger partial charge in [-0.2, -0.15) is 5.26 Å². The molecule has 2 aromatic carbocycles. The maximum absolute atomic E-state index is 9.50. The van der Waals surface area contributed by atoms with Crippen molar-refractivity contribution >= 4 is 17.4 Å². The predicted molar refractivity (Wildman–Crippen MR) is 136 cm³/mol. The smallest absolute Gasteiger partial charge is 0.0991 e. The van der Waals surface area contributed by atoms with Gasteiger partial charge in [0.2, 0.25) is 0 Å². The molecule has 2 aliphatic rings. The number of allylic oxidation sites excluding steroid dienone is 1. The van der Waals surface area contributed by atoms with E-state index < -0.39 is 0 Å². The van der Waals surface area contributed by atoms with Crippen molar-refractivity contribution in [3.8, 4) is 6.07 Å². The normalized spacial score (nSPS) is 17.5. The zero-order valence-corrected chi connectivity index (χ0v) is 20.4. The van der Waals surface area contributed by atoms with Gasteiger partial charge in [-0.05, 0) is 99.5 Å². The number of fused-ring (bicyclic) bond motifs is 2. The maximum Gasteiger partial charge on any atom is 0.0991 e. The third kappa shape index (κ3) is 4.47. The lowest BCUT2D eigenvalue weighted by molar-refractivity contribution is 0.178. The van der Waals surface area contributed by atoms with E-state index in [0.717, 1.165) is 51.0 Å². The van der Waals surface area contributed by atoms with Gasteiger partial charge in [-0.3, -0.25) is 0 Å². The zero-order valence-electron chi connectivity index (χ0n) is 19.6. The Morgan fingerprint density at radius 2 is 1.81 bits per heavy atom. The van der Waals surface area contributed by atoms with Crippen molar-refractivity contribution in [1.29, 1.82) is 5.26 Å². The van der Waals surface area contributed by atoms with E-state index in [1.54, 1.807) is 11.8 Å². The second-order valence-corrected chi connectivity index (χ2v) is 10.1. The van der Waals surface area contributed by atoms with Gasteiger partial charge in [0.05, 0.1) is 11.6 Å². The van der Waals surface area contributed by atoms with Crippen LogP contribution in [0.3, 0.4) is 0 Å². The Balaban J connectivity index is 1.41. The SMILES string of the molecule is C=C1N(CCCC)c2ccc(C#N)cc2C12CCN(CCCc1ccc(SC)cc1)CC2. The molecule has 0 atom stereocenters. The van der Waals surface area contributed by atoms with Gasteiger partial charge in [0.15, 0.2) is 0 Å². The number of nitrogens with zero attached hydrogens (tertiary/aromatic N) is 3. The molecule has 0 aliphatic carbocycles. The van der Waals surface area contributed by atoms with E-state index in [-0.39, 0.29) is 5.41 Å². The van der Waals surface area contributed by atoms with Gasteiger partial charge in [0, 0.05) is 28.2 Å². The first kappa shape index (κ1) is 23.0. The van der Waals surface area contributed by atoms with Gasteiger partial charge in [0.1, 0.15) is 0 Å². The highest BCUT2D eigenvalue weighted by molar-refractivity contribution is 7.98. The number of anilines is 1. The highest BCUT2D eigenvalue weighted by Gasteiger charge is 2.47. The molecule has 3 nitrogen and oxygen atoms in total. The lowest BCUT2D eigenvalue weighted by atomic mass is 9.72. The highest BCUT2D eigenvalue weighted by atomic mass is 32.2. The lowest BCUT2D eigenvalue weighted by Crippen LogP contribution is -2.44. The van der Waals surface area contributed by atoms with Crippen LogP contribution < -0.4 is 4.90 Å². The van der Waals surface area contributed by atoms with Crippen LogP contribution in [0.4, 0.5) is 5.69 Å². The molecular formula is C28H35N3S. The fourth-order valence-electron chi connectivity index (χ4n) is 5.37. The van der Waals surface area contributed by atoms with Crippen molar-refractivity contribution in [1.82, 2.24) is 4.90 Å². The Morgan fingerprint density at radius 3 is 2.47 bits per heavy atom. The number of hydrogen-bond donors (Lipinski definition) is 0. The number of rotatable bonds is 8. The van der Waals surface area contributed by atoms with Crippen molar-refractivity contribution in [2.45, 2.75) is 55.8 Å². The van der Waals surface area contributed by atoms with Crippen molar-refractivity contribution < 1.29 is 0 Å². The molecule has 0 unspecified atom stereocenters. The first-order valence-corrected chi connectivity index (χ1v) is 13.2. The van der Waals surface area contributed by atoms with Crippen LogP contribution in [0.15, 0.2) is 59.6 Å². The van der Waals surface area contributed by atoms with Gasteiger partial charge in [-0.1, -0.05) is 32.1 Å². The number of aryl methyl sites for hydroxylation is 1. The number of nitriles is 1. The molecule has 1 saturated heterocycles. The fraction of sp³-hybridized carbons (Fsp3) is 0.464. The summed E-state index contributed by atoms with van der Waals surface area (Å²) in [4.78, 5) is 6.39. The van der Waals surface area contributed by atoms with Crippen LogP contribution in [0.2, 0.25) is 0 Å². The summed E-state index contributed by atoms with van der Waals surface area (Å²) in [5.74, 6) is 0. The Labute approximate surface area is 198 Å². The Kier molecular flexibility index (Phi) is 7.28. The van der Waals surface area contributed by atoms with Crippen LogP contribution in [0.5, 0.6) is 0 Å². The molecule has 2 aromatic rings. The average molecular weight is 446 g/mol. The molecule has 0 radical (unpaired) electrons. The van der Waals surface area contributed by atoms with E-state index in [1.807, 2.05) is 6.07 Å². The molecule has 168 valence electrons. The standard InChI is InChI=1S/C28H35N3S/c1-4-5-17-31-22(2)28(26-20-24(21-29)10-13-27(26)31)14-18-30(19-15-28)16-6-7-23-8-11-25(32-3)12-9-23/h8-13,20H,2,4-7,14-19H2,1,3H3. The van der Waals surface area contributed by atoms with Gasteiger partial charge < -0.3 is 9.80 Å². The van der Waals surface area contributed by atoms with Gasteiger partial charge in [0.25, 0.3) is 0 Å². The number of piperidine rings is 1. The summed E-state index contributed by atoms with van der Waals surface area (Å²) in [6, 6.07) is 17.6. The topological polar surface area (TPSA) is 30.3 Å². The van der Waals surface area contributed by atoms with Gasteiger partial charge in [-0.15, -0.1) is 11.8 Å². The number of hydrogen-bond acceptors (Lipinski definition) is 4. The second-order valence-electron chi connectivity index (χ2n) is 9.17. The minimum atomic E-state index is 0.0000843. The van der Waals surface area contributed by atoms with Crippen molar-refractivity contribution in [2.75, 3.05) is 37.3 Å². The van der Waals surface area contributed by atoms with Crippen LogP contribution in [-0.2, 0) is 11.8 Å². The summed E-state index contributed by atoms with van der Waals surface area (Å²) >= 11 is 1.80. The Hall–Kier alpha value is -2.22. The highest BCUT2D eigenvalue weighted by Crippen LogP contribution is 2.53. The van der Waals surface area contributed by atoms with Crippen LogP contribution >= 0.6 is 11.8 Å². The number of unbranched alkanes of at least 4 members (excludes halogenated alkanes) is 1. The molecule has 32 heavy (non-hydrogen) atoms. The van der Waals surface area contributed by atoms with E-state index in [0.29, 0.717) is 0 Å². The van der Waals surface area contributed by atoms with E-state index in [1.165, 1.54) is 46.7 Å². The number of benzene rings is 2. The molecule has 1 spiro atoms. The van der Waals surface area contributed by atoms with E-state index in [9.17, 15) is 5.26 Å². The molecule has 4 rings (SSSR count). The molecule has 2 heterocycles. The third-order valence-electron chi connectivity index (χ3n) is 7.35. The first-order valence-electron chi connectivity index (χ1n) is 12.0. The van der Waals surface area contributed by atoms with Crippen molar-refractivity contribution in [2.24, 2.45) is 0 Å². The van der Waals surface area contributed by atoms with E-state index in [4.69, 9.17) is 0 Å². The van der Waals surface area contributed by atoms with Crippen LogP contribution in [-0.4, -0.2) is 37.3 Å². The summed E-state index contributed by atoms with van der Waals surface area (Å²) in [5, 5.41) is 9.50. The summed E-state index contributed by atoms with van der Waals surface area (Å²) in [6.45, 7) is 11.2. The Bertz CT molecular complexity index is 981. The maximum atomic E-state index is 9.50. The summed E-state index contributed by atoms with van der Waals surface area (Å²) in [5.41, 5.74) is 6.08. The van der Waals surface area contributed by atoms with Crippen LogP contribution in [0.25, 0.3) is 0 Å².